The van der Waals surface area contributed by atoms with Gasteiger partial charge in [-0.25, -0.2) is 4.79 Å². The number of benzene rings is 5. The Kier molecular flexibility index (Phi) is 17.0. The number of piperidine rings is 1. The van der Waals surface area contributed by atoms with E-state index >= 15 is 0 Å². The summed E-state index contributed by atoms with van der Waals surface area (Å²) < 4.78 is 5.93. The summed E-state index contributed by atoms with van der Waals surface area (Å²) in [6, 6.07) is 19.4. The number of nitrogens with zero attached hydrogens (tertiary/aromatic N) is 4. The number of unbranched alkanes of at least 4 members (excludes halogenated alkanes) is 1. The lowest BCUT2D eigenvalue weighted by Crippen LogP contribution is -2.54. The molecule has 1 fully saturated rings. The number of phenolic OH excluding ortho intramolecular Hbond substituents is 1. The topological polar surface area (TPSA) is 389 Å². The third kappa shape index (κ3) is 13.1. The maximum atomic E-state index is 13.9. The Morgan fingerprint density at radius 2 is 1.58 bits per heavy atom. The Bertz CT molecular complexity index is 3660. The standard InChI is InChI=1S/C55H54ClN13O12/c56-53-66-54(62-31-6-10-34(37(20-31)52(79)80)46-35-11-8-32(71)22-43(35)81-44-23-33(72)9-12-36(44)46)68-55(67-53)69-17-14-27(15-18-69)48(75)60-25-45(73)61-30-7-13-39-38(21-30)49(76)65-42(26-70)51(78)63-40(3-1-2-16-57)50(77)64-41-19-28(47(58)74)4-5-29(41)24-59-39/h4-13,19-23,27,40,42,59,70-71H,1-3,14-18,24-26,57H2,(H2,58,74)(H,60,75)(H,61,73)(H,63,78)(H,64,77)(H,65,76)(H,79,80)(H,62,66,67,68)/t40-,42-/m0/s1. The number of aliphatic hydroxyl groups excluding tert-OH is 1. The zero-order valence-electron chi connectivity index (χ0n) is 43.0. The lowest BCUT2D eigenvalue weighted by atomic mass is 9.90. The first kappa shape index (κ1) is 56.0. The van der Waals surface area contributed by atoms with E-state index in [2.05, 4.69) is 52.2 Å². The molecule has 0 saturated carbocycles. The fraction of sp³-hybridized carbons (Fsp3) is 0.255. The van der Waals surface area contributed by atoms with Crippen LogP contribution in [0.4, 0.5) is 34.6 Å². The zero-order valence-corrected chi connectivity index (χ0v) is 43.8. The minimum atomic E-state index is -1.50. The minimum Gasteiger partial charge on any atom is -0.508 e. The number of halogens is 1. The molecule has 1 aromatic heterocycles. The SMILES string of the molecule is NCCCC[C@@H]1NC(=O)[C@H](CO)NC(=O)c2cc(NC(=O)CNC(=O)C3CCN(c4nc(Cl)nc(Nc5ccc(-c6c7ccc(=O)cc-7oc7cc(O)ccc67)c(C(=O)O)c5)n4)CC3)ccc2NCc2ccc(C(N)=O)cc2NC1=O. The fourth-order valence-electron chi connectivity index (χ4n) is 9.53. The Morgan fingerprint density at radius 1 is 0.802 bits per heavy atom. The first-order valence-electron chi connectivity index (χ1n) is 25.6. The number of carbonyl (C=O) groups excluding carboxylic acids is 6. The second kappa shape index (κ2) is 24.5. The number of anilines is 6. The molecular formula is C55H54ClN13O12. The third-order valence-corrected chi connectivity index (χ3v) is 13.8. The molecule has 25 nitrogen and oxygen atoms in total. The number of nitrogens with one attached hydrogen (secondary N) is 7. The molecule has 5 aromatic rings. The van der Waals surface area contributed by atoms with Crippen LogP contribution >= 0.6 is 11.6 Å². The summed E-state index contributed by atoms with van der Waals surface area (Å²) in [6.45, 7) is -0.283. The van der Waals surface area contributed by atoms with Crippen LogP contribution in [0.3, 0.4) is 0 Å². The van der Waals surface area contributed by atoms with Gasteiger partial charge >= 0.3 is 5.97 Å². The monoisotopic (exact) mass is 1120 g/mol. The maximum Gasteiger partial charge on any atom is 0.336 e. The Balaban J connectivity index is 0.838. The molecule has 1 aliphatic carbocycles. The number of carboxylic acid groups (broad SMARTS) is 1. The van der Waals surface area contributed by atoms with Crippen molar-refractivity contribution in [2.75, 3.05) is 59.0 Å². The van der Waals surface area contributed by atoms with Crippen LogP contribution in [0.2, 0.25) is 5.28 Å². The van der Waals surface area contributed by atoms with E-state index in [1.54, 1.807) is 35.2 Å². The van der Waals surface area contributed by atoms with Crippen molar-refractivity contribution < 1.29 is 53.3 Å². The smallest absolute Gasteiger partial charge is 0.336 e. The van der Waals surface area contributed by atoms with E-state index < -0.39 is 66.7 Å². The highest BCUT2D eigenvalue weighted by Crippen LogP contribution is 2.43. The van der Waals surface area contributed by atoms with Gasteiger partial charge in [0.15, 0.2) is 5.43 Å². The molecule has 4 heterocycles. The molecule has 3 aliphatic heterocycles. The van der Waals surface area contributed by atoms with Gasteiger partial charge in [-0.2, -0.15) is 15.0 Å². The predicted molar refractivity (Wildman–Crippen MR) is 298 cm³/mol. The minimum absolute atomic E-state index is 0.00507. The van der Waals surface area contributed by atoms with Gasteiger partial charge in [0.1, 0.15) is 29.2 Å². The number of hydrogen-bond acceptors (Lipinski definition) is 18. The lowest BCUT2D eigenvalue weighted by Gasteiger charge is -2.31. The number of aromatic carboxylic acids is 1. The summed E-state index contributed by atoms with van der Waals surface area (Å²) in [5.74, 6) is -5.48. The lowest BCUT2D eigenvalue weighted by molar-refractivity contribution is -0.128. The number of primary amides is 1. The van der Waals surface area contributed by atoms with Crippen LogP contribution in [-0.2, 0) is 25.7 Å². The van der Waals surface area contributed by atoms with E-state index in [1.165, 1.54) is 60.7 Å². The molecule has 0 unspecified atom stereocenters. The van der Waals surface area contributed by atoms with Crippen molar-refractivity contribution in [3.63, 3.8) is 0 Å². The molecule has 0 radical (unpaired) electrons. The summed E-state index contributed by atoms with van der Waals surface area (Å²) in [5.41, 5.74) is 13.7. The average Bonchev–Trinajstić information content (AvgIpc) is 3.58. The molecule has 0 bridgehead atoms. The van der Waals surface area contributed by atoms with Crippen molar-refractivity contribution in [1.29, 1.82) is 0 Å². The number of carbonyl (C=O) groups is 7. The molecule has 26 heteroatoms. The highest BCUT2D eigenvalue weighted by atomic mass is 35.5. The maximum absolute atomic E-state index is 13.9. The summed E-state index contributed by atoms with van der Waals surface area (Å²) in [6.07, 6.45) is 1.86. The van der Waals surface area contributed by atoms with E-state index in [9.17, 15) is 53.7 Å². The van der Waals surface area contributed by atoms with Gasteiger partial charge in [0.2, 0.25) is 46.7 Å². The Morgan fingerprint density at radius 3 is 2.33 bits per heavy atom. The fourth-order valence-corrected chi connectivity index (χ4v) is 9.69. The van der Waals surface area contributed by atoms with Crippen molar-refractivity contribution in [3.05, 3.63) is 129 Å². The molecule has 1 saturated heterocycles. The van der Waals surface area contributed by atoms with E-state index in [0.717, 1.165) is 0 Å². The third-order valence-electron chi connectivity index (χ3n) is 13.7. The van der Waals surface area contributed by atoms with Gasteiger partial charge in [-0.15, -0.1) is 0 Å². The first-order valence-corrected chi connectivity index (χ1v) is 25.9. The molecule has 0 spiro atoms. The second-order valence-corrected chi connectivity index (χ2v) is 19.5. The van der Waals surface area contributed by atoms with E-state index in [4.69, 9.17) is 27.5 Å². The number of amides is 6. The Hall–Kier alpha value is -9.72. The molecule has 9 rings (SSSR count). The van der Waals surface area contributed by atoms with Crippen LogP contribution in [-0.4, -0.2) is 117 Å². The molecule has 2 atom stereocenters. The quantitative estimate of drug-likeness (QED) is 0.0512. The van der Waals surface area contributed by atoms with E-state index in [0.29, 0.717) is 78.6 Å². The predicted octanol–water partition coefficient (Wildman–Crippen LogP) is 3.89. The van der Waals surface area contributed by atoms with Crippen LogP contribution < -0.4 is 59.0 Å². The first-order chi connectivity index (χ1) is 38.9. The number of carboxylic acids is 1. The van der Waals surface area contributed by atoms with Crippen molar-refractivity contribution in [2.45, 2.75) is 50.7 Å². The number of nitrogens with two attached hydrogens (primary N) is 2. The number of phenols is 1. The van der Waals surface area contributed by atoms with Crippen molar-refractivity contribution in [3.8, 4) is 28.2 Å². The van der Waals surface area contributed by atoms with Gasteiger partial charge in [-0.1, -0.05) is 12.1 Å². The Labute approximate surface area is 465 Å². The van der Waals surface area contributed by atoms with Crippen LogP contribution in [0.5, 0.6) is 5.75 Å². The summed E-state index contributed by atoms with van der Waals surface area (Å²) in [7, 11) is 0. The molecule has 6 amide bonds. The summed E-state index contributed by atoms with van der Waals surface area (Å²) in [5, 5.41) is 50.6. The zero-order chi connectivity index (χ0) is 57.5. The normalized spacial score (nSPS) is 15.9. The second-order valence-electron chi connectivity index (χ2n) is 19.2. The van der Waals surface area contributed by atoms with Gasteiger partial charge in [-0.05, 0) is 128 Å². The van der Waals surface area contributed by atoms with Crippen LogP contribution in [0, 0.1) is 5.92 Å². The van der Waals surface area contributed by atoms with Crippen LogP contribution in [0.1, 0.15) is 68.7 Å². The molecule has 418 valence electrons. The molecule has 4 aromatic carbocycles. The molecule has 14 N–H and O–H groups in total. The molecule has 81 heavy (non-hydrogen) atoms. The van der Waals surface area contributed by atoms with Crippen molar-refractivity contribution >= 4 is 98.6 Å². The van der Waals surface area contributed by atoms with Gasteiger partial charge in [0.05, 0.1) is 24.3 Å². The van der Waals surface area contributed by atoms with E-state index in [1.807, 2.05) is 0 Å². The number of hydrogen-bond donors (Lipinski definition) is 12. The summed E-state index contributed by atoms with van der Waals surface area (Å²) >= 11 is 6.38. The van der Waals surface area contributed by atoms with Gasteiger partial charge in [0, 0.05) is 82.5 Å². The molecular weight excluding hydrogens is 1070 g/mol. The highest BCUT2D eigenvalue weighted by molar-refractivity contribution is 6.28. The average molecular weight is 1120 g/mol. The molecule has 4 aliphatic rings. The van der Waals surface area contributed by atoms with Crippen molar-refractivity contribution in [2.24, 2.45) is 17.4 Å². The van der Waals surface area contributed by atoms with Gasteiger partial charge < -0.3 is 73.3 Å². The number of aromatic nitrogens is 3. The van der Waals surface area contributed by atoms with Crippen LogP contribution in [0.25, 0.3) is 33.4 Å². The number of fused-ring (bicyclic) bond motifs is 4. The van der Waals surface area contributed by atoms with Crippen LogP contribution in [0.15, 0.2) is 100 Å². The largest absolute Gasteiger partial charge is 0.508 e. The number of rotatable bonds is 15. The number of aliphatic hydroxyl groups is 1. The summed E-state index contributed by atoms with van der Waals surface area (Å²) in [4.78, 5) is 120. The van der Waals surface area contributed by atoms with Crippen molar-refractivity contribution in [1.82, 2.24) is 30.9 Å². The van der Waals surface area contributed by atoms with E-state index in [-0.39, 0.29) is 92.3 Å². The van der Waals surface area contributed by atoms with Gasteiger partial charge in [-0.3, -0.25) is 33.6 Å². The number of aromatic hydroxyl groups is 1. The van der Waals surface area contributed by atoms with Gasteiger partial charge in [0.25, 0.3) is 5.91 Å². The highest BCUT2D eigenvalue weighted by Gasteiger charge is 2.31.